The van der Waals surface area contributed by atoms with E-state index in [1.165, 1.54) is 19.3 Å². The van der Waals surface area contributed by atoms with Crippen molar-refractivity contribution >= 4 is 17.8 Å². The first kappa shape index (κ1) is 34.0. The third kappa shape index (κ3) is 8.70. The van der Waals surface area contributed by atoms with Gasteiger partial charge in [-0.3, -0.25) is 9.59 Å². The molecule has 10 nitrogen and oxygen atoms in total. The number of hydrogen-bond acceptors (Lipinski definition) is 7. The highest BCUT2D eigenvalue weighted by molar-refractivity contribution is 5.99. The van der Waals surface area contributed by atoms with Crippen LogP contribution in [0.3, 0.4) is 0 Å². The Kier molecular flexibility index (Phi) is 11.8. The van der Waals surface area contributed by atoms with Crippen molar-refractivity contribution in [3.05, 3.63) is 53.3 Å². The molecule has 0 aliphatic heterocycles. The van der Waals surface area contributed by atoms with Crippen molar-refractivity contribution in [1.82, 2.24) is 15.2 Å². The molecule has 4 aliphatic rings. The van der Waals surface area contributed by atoms with E-state index in [2.05, 4.69) is 10.6 Å². The van der Waals surface area contributed by atoms with Gasteiger partial charge < -0.3 is 36.5 Å². The van der Waals surface area contributed by atoms with Gasteiger partial charge in [-0.1, -0.05) is 25.0 Å². The summed E-state index contributed by atoms with van der Waals surface area (Å²) in [4.78, 5) is 41.1. The van der Waals surface area contributed by atoms with Crippen LogP contribution in [0, 0.1) is 17.8 Å². The van der Waals surface area contributed by atoms with E-state index in [1.54, 1.807) is 41.0 Å². The van der Waals surface area contributed by atoms with Gasteiger partial charge in [-0.2, -0.15) is 0 Å². The van der Waals surface area contributed by atoms with Crippen LogP contribution in [0.4, 0.5) is 0 Å². The van der Waals surface area contributed by atoms with Gasteiger partial charge in [0, 0.05) is 18.5 Å². The number of nitrogens with one attached hydrogen (secondary N) is 2. The minimum atomic E-state index is -0.823. The standard InChI is InChI=1S/C36H53N5O5/c37-14-4-1-2-6-16-41-31(12-13-32(41)35(45)46-17-7-3-5-15-38)34(44)39-30(21-25-8-10-29(42)11-9-25)33(43)40-36-22-26-18-27(23-36)20-28(19-26)24-36/h8-13,26-28,30,42H,1-7,14-24,37-38H2,(H,39,44)(H,40,43). The van der Waals surface area contributed by atoms with Crippen LogP contribution < -0.4 is 22.1 Å². The van der Waals surface area contributed by atoms with E-state index in [0.717, 1.165) is 69.8 Å². The highest BCUT2D eigenvalue weighted by Gasteiger charge is 2.52. The summed E-state index contributed by atoms with van der Waals surface area (Å²) in [6.45, 7) is 2.00. The number of nitrogens with zero attached hydrogens (tertiary/aromatic N) is 1. The van der Waals surface area contributed by atoms with E-state index in [0.29, 0.717) is 55.4 Å². The maximum atomic E-state index is 14.1. The van der Waals surface area contributed by atoms with Crippen LogP contribution in [0.15, 0.2) is 36.4 Å². The van der Waals surface area contributed by atoms with Crippen LogP contribution >= 0.6 is 0 Å². The molecule has 252 valence electrons. The third-order valence-electron chi connectivity index (χ3n) is 10.3. The zero-order chi connectivity index (χ0) is 32.5. The molecule has 4 aliphatic carbocycles. The number of unbranched alkanes of at least 4 members (excludes halogenated alkanes) is 5. The predicted octanol–water partition coefficient (Wildman–Crippen LogP) is 4.42. The normalized spacial score (nSPS) is 23.7. The Morgan fingerprint density at radius 2 is 1.41 bits per heavy atom. The van der Waals surface area contributed by atoms with Crippen molar-refractivity contribution in [3.8, 4) is 5.75 Å². The number of amides is 2. The maximum Gasteiger partial charge on any atom is 0.354 e. The average Bonchev–Trinajstić information content (AvgIpc) is 3.44. The second-order valence-electron chi connectivity index (χ2n) is 14.0. The van der Waals surface area contributed by atoms with Gasteiger partial charge in [0.05, 0.1) is 6.61 Å². The van der Waals surface area contributed by atoms with Crippen LogP contribution in [0.2, 0.25) is 0 Å². The number of esters is 1. The topological polar surface area (TPSA) is 162 Å². The van der Waals surface area contributed by atoms with E-state index in [1.807, 2.05) is 0 Å². The molecule has 10 heteroatoms. The van der Waals surface area contributed by atoms with Crippen molar-refractivity contribution in [2.45, 2.75) is 108 Å². The van der Waals surface area contributed by atoms with Crippen LogP contribution in [0.1, 0.15) is 110 Å². The van der Waals surface area contributed by atoms with Crippen LogP contribution in [0.25, 0.3) is 0 Å². The number of carbonyl (C=O) groups is 3. The fourth-order valence-electron chi connectivity index (χ4n) is 8.44. The number of hydrogen-bond donors (Lipinski definition) is 5. The Bertz CT molecular complexity index is 1290. The van der Waals surface area contributed by atoms with Gasteiger partial charge in [0.15, 0.2) is 0 Å². The number of benzene rings is 1. The predicted molar refractivity (Wildman–Crippen MR) is 177 cm³/mol. The third-order valence-corrected chi connectivity index (χ3v) is 10.3. The quantitative estimate of drug-likeness (QED) is 0.120. The molecule has 1 unspecified atom stereocenters. The van der Waals surface area contributed by atoms with Crippen molar-refractivity contribution < 1.29 is 24.2 Å². The summed E-state index contributed by atoms with van der Waals surface area (Å²) in [5.41, 5.74) is 12.5. The van der Waals surface area contributed by atoms with Gasteiger partial charge in [-0.15, -0.1) is 0 Å². The summed E-state index contributed by atoms with van der Waals surface area (Å²) in [7, 11) is 0. The second kappa shape index (κ2) is 16.0. The molecule has 0 spiro atoms. The molecule has 4 fully saturated rings. The van der Waals surface area contributed by atoms with E-state index in [4.69, 9.17) is 16.2 Å². The largest absolute Gasteiger partial charge is 0.508 e. The zero-order valence-electron chi connectivity index (χ0n) is 27.2. The molecule has 0 saturated heterocycles. The van der Waals surface area contributed by atoms with Gasteiger partial charge in [0.2, 0.25) is 5.91 Å². The molecule has 6 rings (SSSR count). The van der Waals surface area contributed by atoms with Crippen LogP contribution in [-0.4, -0.2) is 58.7 Å². The summed E-state index contributed by atoms with van der Waals surface area (Å²) in [6.07, 6.45) is 13.2. The van der Waals surface area contributed by atoms with Crippen molar-refractivity contribution in [2.24, 2.45) is 29.2 Å². The number of aromatic hydroxyl groups is 1. The molecule has 2 aromatic rings. The first-order chi connectivity index (χ1) is 22.3. The SMILES string of the molecule is NCCCCCCn1c(C(=O)NC(Cc2ccc(O)cc2)C(=O)NC23CC4CC(CC(C4)C2)C3)ccc1C(=O)OCCCCCN. The molecule has 4 bridgehead atoms. The molecule has 1 heterocycles. The Morgan fingerprint density at radius 3 is 2.04 bits per heavy atom. The molecule has 1 aromatic heterocycles. The summed E-state index contributed by atoms with van der Waals surface area (Å²) in [5, 5.41) is 16.3. The van der Waals surface area contributed by atoms with Crippen molar-refractivity contribution in [2.75, 3.05) is 19.7 Å². The molecule has 7 N–H and O–H groups in total. The van der Waals surface area contributed by atoms with Crippen LogP contribution in [0.5, 0.6) is 5.75 Å². The average molecular weight is 636 g/mol. The van der Waals surface area contributed by atoms with E-state index < -0.39 is 17.9 Å². The summed E-state index contributed by atoms with van der Waals surface area (Å²) in [6, 6.07) is 9.20. The number of ether oxygens (including phenoxy) is 1. The number of phenols is 1. The number of rotatable bonds is 18. The fourth-order valence-corrected chi connectivity index (χ4v) is 8.44. The molecule has 1 aromatic carbocycles. The Morgan fingerprint density at radius 1 is 0.826 bits per heavy atom. The van der Waals surface area contributed by atoms with Gasteiger partial charge in [0.1, 0.15) is 23.2 Å². The molecule has 0 radical (unpaired) electrons. The monoisotopic (exact) mass is 635 g/mol. The smallest absolute Gasteiger partial charge is 0.354 e. The van der Waals surface area contributed by atoms with E-state index in [9.17, 15) is 19.5 Å². The molecular weight excluding hydrogens is 582 g/mol. The number of nitrogens with two attached hydrogens (primary N) is 2. The lowest BCUT2D eigenvalue weighted by Gasteiger charge is -2.57. The highest BCUT2D eigenvalue weighted by atomic mass is 16.5. The van der Waals surface area contributed by atoms with Crippen molar-refractivity contribution in [3.63, 3.8) is 0 Å². The lowest BCUT2D eigenvalue weighted by atomic mass is 9.53. The first-order valence-electron chi connectivity index (χ1n) is 17.5. The van der Waals surface area contributed by atoms with Crippen molar-refractivity contribution in [1.29, 1.82) is 0 Å². The first-order valence-corrected chi connectivity index (χ1v) is 17.5. The molecule has 4 saturated carbocycles. The lowest BCUT2D eigenvalue weighted by molar-refractivity contribution is -0.128. The molecular formula is C36H53N5O5. The summed E-state index contributed by atoms with van der Waals surface area (Å²) < 4.78 is 7.29. The Labute approximate surface area is 273 Å². The van der Waals surface area contributed by atoms with Gasteiger partial charge >= 0.3 is 5.97 Å². The van der Waals surface area contributed by atoms with Crippen LogP contribution in [-0.2, 0) is 22.5 Å². The Hall–Kier alpha value is -3.37. The fraction of sp³-hybridized carbons (Fsp3) is 0.639. The molecule has 2 amide bonds. The van der Waals surface area contributed by atoms with Gasteiger partial charge in [-0.25, -0.2) is 4.79 Å². The molecule has 46 heavy (non-hydrogen) atoms. The maximum absolute atomic E-state index is 14.1. The van der Waals surface area contributed by atoms with Gasteiger partial charge in [-0.05, 0) is 131 Å². The summed E-state index contributed by atoms with van der Waals surface area (Å²) >= 11 is 0. The van der Waals surface area contributed by atoms with Gasteiger partial charge in [0.25, 0.3) is 5.91 Å². The Balaban J connectivity index is 1.33. The lowest BCUT2D eigenvalue weighted by Crippen LogP contribution is -2.63. The highest BCUT2D eigenvalue weighted by Crippen LogP contribution is 2.55. The second-order valence-corrected chi connectivity index (χ2v) is 14.0. The number of aromatic nitrogens is 1. The number of phenolic OH excluding ortho intramolecular Hbond substituents is 1. The molecule has 1 atom stereocenters. The minimum absolute atomic E-state index is 0.144. The van der Waals surface area contributed by atoms with E-state index in [-0.39, 0.29) is 23.6 Å². The minimum Gasteiger partial charge on any atom is -0.508 e. The summed E-state index contributed by atoms with van der Waals surface area (Å²) in [5.74, 6) is 1.10. The number of carbonyl (C=O) groups excluding carboxylic acids is 3. The van der Waals surface area contributed by atoms with E-state index >= 15 is 0 Å². The zero-order valence-corrected chi connectivity index (χ0v) is 27.2.